The predicted molar refractivity (Wildman–Crippen MR) is 117 cm³/mol. The molecule has 0 unspecified atom stereocenters. The summed E-state index contributed by atoms with van der Waals surface area (Å²) in [5, 5.41) is 6.85. The maximum atomic E-state index is 12.2. The van der Waals surface area contributed by atoms with Crippen molar-refractivity contribution in [1.29, 1.82) is 0 Å². The zero-order valence-corrected chi connectivity index (χ0v) is 17.7. The number of thiazole rings is 1. The second-order valence-electron chi connectivity index (χ2n) is 8.27. The molecule has 156 valence electrons. The van der Waals surface area contributed by atoms with Crippen LogP contribution >= 0.6 is 11.3 Å². The number of nitrogens with zero attached hydrogens (tertiary/aromatic N) is 2. The van der Waals surface area contributed by atoms with E-state index in [-0.39, 0.29) is 6.04 Å². The Morgan fingerprint density at radius 2 is 1.72 bits per heavy atom. The van der Waals surface area contributed by atoms with Crippen LogP contribution in [0.1, 0.15) is 51.4 Å². The highest BCUT2D eigenvalue weighted by atomic mass is 32.1. The third-order valence-corrected chi connectivity index (χ3v) is 7.21. The molecule has 2 heterocycles. The number of anilines is 1. The molecule has 1 aliphatic carbocycles. The van der Waals surface area contributed by atoms with Crippen LogP contribution in [0.15, 0.2) is 24.3 Å². The first-order valence-electron chi connectivity index (χ1n) is 10.9. The van der Waals surface area contributed by atoms with E-state index in [1.54, 1.807) is 11.3 Å². The van der Waals surface area contributed by atoms with Gasteiger partial charge in [-0.15, -0.1) is 0 Å². The minimum absolute atomic E-state index is 0.160. The average Bonchev–Trinajstić information content (AvgIpc) is 3.02. The van der Waals surface area contributed by atoms with Crippen molar-refractivity contribution in [2.45, 2.75) is 57.4 Å². The molecule has 2 amide bonds. The number of hydrogen-bond acceptors (Lipinski definition) is 5. The van der Waals surface area contributed by atoms with Gasteiger partial charge in [-0.05, 0) is 43.7 Å². The number of hydrogen-bond donors (Lipinski definition) is 2. The quantitative estimate of drug-likeness (QED) is 0.593. The Hall–Kier alpha value is -2.15. The predicted octanol–water partition coefficient (Wildman–Crippen LogP) is 3.47. The smallest absolute Gasteiger partial charge is 0.309 e. The maximum Gasteiger partial charge on any atom is 0.309 e. The largest absolute Gasteiger partial charge is 0.348 e. The van der Waals surface area contributed by atoms with Gasteiger partial charge in [-0.25, -0.2) is 4.98 Å². The van der Waals surface area contributed by atoms with Crippen molar-refractivity contribution in [2.24, 2.45) is 5.92 Å². The number of carbonyl (C=O) groups excluding carboxylic acids is 2. The van der Waals surface area contributed by atoms with Crippen LogP contribution in [0.5, 0.6) is 0 Å². The number of fused-ring (bicyclic) bond motifs is 1. The SMILES string of the molecule is O=C(NCC1CCN(c2nc3ccccc3s2)CC1)C(=O)NC1CCCCCC1. The van der Waals surface area contributed by atoms with Crippen LogP contribution in [0.4, 0.5) is 5.13 Å². The molecule has 1 saturated carbocycles. The van der Waals surface area contributed by atoms with Gasteiger partial charge in [-0.1, -0.05) is 49.2 Å². The molecule has 7 heteroatoms. The molecule has 0 bridgehead atoms. The third kappa shape index (κ3) is 5.26. The molecule has 0 spiro atoms. The molecule has 1 saturated heterocycles. The van der Waals surface area contributed by atoms with Crippen molar-refractivity contribution in [3.63, 3.8) is 0 Å². The molecular formula is C22H30N4O2S. The normalized spacial score (nSPS) is 19.1. The highest BCUT2D eigenvalue weighted by Gasteiger charge is 2.24. The lowest BCUT2D eigenvalue weighted by Gasteiger charge is -2.31. The standard InChI is InChI=1S/C22H30N4O2S/c27-20(21(28)24-17-7-3-1-2-4-8-17)23-15-16-11-13-26(14-12-16)22-25-18-9-5-6-10-19(18)29-22/h5-6,9-10,16-17H,1-4,7-8,11-15H2,(H,23,27)(H,24,28). The summed E-state index contributed by atoms with van der Waals surface area (Å²) in [7, 11) is 0. The summed E-state index contributed by atoms with van der Waals surface area (Å²) in [6.07, 6.45) is 8.72. The van der Waals surface area contributed by atoms with Crippen molar-refractivity contribution in [3.8, 4) is 0 Å². The Bertz CT molecular complexity index is 803. The molecule has 4 rings (SSSR count). The highest BCUT2D eigenvalue weighted by molar-refractivity contribution is 7.22. The monoisotopic (exact) mass is 414 g/mol. The number of benzene rings is 1. The number of nitrogens with one attached hydrogen (secondary N) is 2. The van der Waals surface area contributed by atoms with E-state index in [0.717, 1.165) is 62.3 Å². The van der Waals surface area contributed by atoms with Gasteiger partial charge in [0.2, 0.25) is 0 Å². The lowest BCUT2D eigenvalue weighted by molar-refractivity contribution is -0.139. The average molecular weight is 415 g/mol. The molecule has 2 aliphatic rings. The van der Waals surface area contributed by atoms with Crippen molar-refractivity contribution in [1.82, 2.24) is 15.6 Å². The second kappa shape index (κ2) is 9.57. The van der Waals surface area contributed by atoms with Gasteiger partial charge in [-0.3, -0.25) is 9.59 Å². The van der Waals surface area contributed by atoms with E-state index >= 15 is 0 Å². The molecule has 1 aromatic heterocycles. The molecule has 2 fully saturated rings. The number of carbonyl (C=O) groups is 2. The minimum atomic E-state index is -0.483. The van der Waals surface area contributed by atoms with Crippen molar-refractivity contribution >= 4 is 38.5 Å². The fraction of sp³-hybridized carbons (Fsp3) is 0.591. The van der Waals surface area contributed by atoms with Crippen LogP contribution in [0.3, 0.4) is 0 Å². The lowest BCUT2D eigenvalue weighted by Crippen LogP contribution is -2.46. The van der Waals surface area contributed by atoms with E-state index in [1.807, 2.05) is 12.1 Å². The van der Waals surface area contributed by atoms with Crippen molar-refractivity contribution < 1.29 is 9.59 Å². The summed E-state index contributed by atoms with van der Waals surface area (Å²) in [6.45, 7) is 2.45. The highest BCUT2D eigenvalue weighted by Crippen LogP contribution is 2.31. The van der Waals surface area contributed by atoms with E-state index in [9.17, 15) is 9.59 Å². The van der Waals surface area contributed by atoms with E-state index in [1.165, 1.54) is 17.5 Å². The molecular weight excluding hydrogens is 384 g/mol. The van der Waals surface area contributed by atoms with Gasteiger partial charge in [0.25, 0.3) is 0 Å². The minimum Gasteiger partial charge on any atom is -0.348 e. The summed E-state index contributed by atoms with van der Waals surface area (Å²) in [6, 6.07) is 8.39. The van der Waals surface area contributed by atoms with Gasteiger partial charge < -0.3 is 15.5 Å². The van der Waals surface area contributed by atoms with Crippen LogP contribution in [0, 0.1) is 5.92 Å². The van der Waals surface area contributed by atoms with Crippen LogP contribution in [0.2, 0.25) is 0 Å². The number of para-hydroxylation sites is 1. The maximum absolute atomic E-state index is 12.2. The summed E-state index contributed by atoms with van der Waals surface area (Å²) >= 11 is 1.74. The zero-order chi connectivity index (χ0) is 20.1. The van der Waals surface area contributed by atoms with Gasteiger partial charge in [0.15, 0.2) is 5.13 Å². The zero-order valence-electron chi connectivity index (χ0n) is 16.9. The molecule has 1 aromatic carbocycles. The third-order valence-electron chi connectivity index (χ3n) is 6.12. The Labute approximate surface area is 176 Å². The van der Waals surface area contributed by atoms with Crippen molar-refractivity contribution in [2.75, 3.05) is 24.5 Å². The first kappa shape index (κ1) is 20.1. The fourth-order valence-electron chi connectivity index (χ4n) is 4.32. The summed E-state index contributed by atoms with van der Waals surface area (Å²) < 4.78 is 1.22. The Kier molecular flexibility index (Phi) is 6.64. The molecule has 0 radical (unpaired) electrons. The van der Waals surface area contributed by atoms with Gasteiger partial charge >= 0.3 is 11.8 Å². The molecule has 6 nitrogen and oxygen atoms in total. The Balaban J connectivity index is 1.20. The number of amides is 2. The first-order chi connectivity index (χ1) is 14.2. The summed E-state index contributed by atoms with van der Waals surface area (Å²) in [4.78, 5) is 31.4. The molecule has 0 atom stereocenters. The number of aromatic nitrogens is 1. The molecule has 1 aliphatic heterocycles. The Morgan fingerprint density at radius 1 is 1.00 bits per heavy atom. The summed E-state index contributed by atoms with van der Waals surface area (Å²) in [5.41, 5.74) is 1.06. The molecule has 29 heavy (non-hydrogen) atoms. The van der Waals surface area contributed by atoms with Gasteiger partial charge in [0.05, 0.1) is 10.2 Å². The van der Waals surface area contributed by atoms with Gasteiger partial charge in [-0.2, -0.15) is 0 Å². The second-order valence-corrected chi connectivity index (χ2v) is 9.28. The summed E-state index contributed by atoms with van der Waals surface area (Å²) in [5.74, 6) is -0.540. The van der Waals surface area contributed by atoms with Crippen LogP contribution in [-0.4, -0.2) is 42.5 Å². The van der Waals surface area contributed by atoms with Crippen molar-refractivity contribution in [3.05, 3.63) is 24.3 Å². The van der Waals surface area contributed by atoms with E-state index in [0.29, 0.717) is 12.5 Å². The Morgan fingerprint density at radius 3 is 2.45 bits per heavy atom. The van der Waals surface area contributed by atoms with E-state index in [2.05, 4.69) is 27.7 Å². The topological polar surface area (TPSA) is 74.3 Å². The van der Waals surface area contributed by atoms with Gasteiger partial charge in [0.1, 0.15) is 0 Å². The molecule has 2 N–H and O–H groups in total. The number of piperidine rings is 1. The van der Waals surface area contributed by atoms with E-state index < -0.39 is 11.8 Å². The van der Waals surface area contributed by atoms with Gasteiger partial charge in [0, 0.05) is 25.7 Å². The van der Waals surface area contributed by atoms with Crippen LogP contribution < -0.4 is 15.5 Å². The first-order valence-corrected chi connectivity index (χ1v) is 11.7. The lowest BCUT2D eigenvalue weighted by atomic mass is 9.97. The number of rotatable bonds is 4. The van der Waals surface area contributed by atoms with Crippen LogP contribution in [-0.2, 0) is 9.59 Å². The van der Waals surface area contributed by atoms with Crippen LogP contribution in [0.25, 0.3) is 10.2 Å². The molecule has 2 aromatic rings. The van der Waals surface area contributed by atoms with E-state index in [4.69, 9.17) is 4.98 Å². The fourth-order valence-corrected chi connectivity index (χ4v) is 5.33.